The number of halogens is 1. The molecule has 2 aromatic carbocycles. The van der Waals surface area contributed by atoms with Crippen LogP contribution in [0, 0.1) is 0 Å². The summed E-state index contributed by atoms with van der Waals surface area (Å²) in [5.41, 5.74) is 2.47. The van der Waals surface area contributed by atoms with Crippen LogP contribution in [-0.4, -0.2) is 27.8 Å². The molecule has 4 nitrogen and oxygen atoms in total. The lowest BCUT2D eigenvalue weighted by atomic mass is 9.95. The molecule has 0 bridgehead atoms. The van der Waals surface area contributed by atoms with Crippen molar-refractivity contribution >= 4 is 34.2 Å². The van der Waals surface area contributed by atoms with Gasteiger partial charge in [0.25, 0.3) is 0 Å². The van der Waals surface area contributed by atoms with Crippen molar-refractivity contribution in [2.24, 2.45) is 0 Å². The minimum absolute atomic E-state index is 0. The summed E-state index contributed by atoms with van der Waals surface area (Å²) < 4.78 is 27.6. The fourth-order valence-corrected chi connectivity index (χ4v) is 4.26. The molecule has 2 aromatic rings. The van der Waals surface area contributed by atoms with Gasteiger partial charge in [0.15, 0.2) is 0 Å². The van der Waals surface area contributed by atoms with E-state index in [1.54, 1.807) is 23.9 Å². The second-order valence-corrected chi connectivity index (χ2v) is 8.13. The Morgan fingerprint density at radius 2 is 1.88 bits per heavy atom. The molecular weight excluding hydrogens is 364 g/mol. The zero-order chi connectivity index (χ0) is 16.3. The average Bonchev–Trinajstić information content (AvgIpc) is 2.60. The van der Waals surface area contributed by atoms with Crippen LogP contribution >= 0.6 is 24.2 Å². The van der Waals surface area contributed by atoms with E-state index < -0.39 is 10.0 Å². The Hall–Kier alpha value is -1.05. The van der Waals surface area contributed by atoms with Crippen LogP contribution in [0.25, 0.3) is 0 Å². The molecule has 0 fully saturated rings. The van der Waals surface area contributed by atoms with Gasteiger partial charge in [-0.3, -0.25) is 0 Å². The number of fused-ring (bicyclic) bond motifs is 1. The lowest BCUT2D eigenvalue weighted by Crippen LogP contribution is -2.38. The predicted octanol–water partition coefficient (Wildman–Crippen LogP) is 3.00. The highest BCUT2D eigenvalue weighted by Crippen LogP contribution is 2.23. The Labute approximate surface area is 153 Å². The molecule has 1 heterocycles. The zero-order valence-corrected chi connectivity index (χ0v) is 15.8. The van der Waals surface area contributed by atoms with Gasteiger partial charge in [-0.05, 0) is 54.6 Å². The van der Waals surface area contributed by atoms with E-state index >= 15 is 0 Å². The van der Waals surface area contributed by atoms with E-state index in [0.29, 0.717) is 11.4 Å². The number of benzene rings is 2. The largest absolute Gasteiger partial charge is 0.308 e. The third-order valence-electron chi connectivity index (χ3n) is 4.06. The molecule has 0 spiro atoms. The first-order valence-corrected chi connectivity index (χ1v) is 10.3. The van der Waals surface area contributed by atoms with Crippen molar-refractivity contribution in [1.82, 2.24) is 10.0 Å². The summed E-state index contributed by atoms with van der Waals surface area (Å²) in [5.74, 6) is 0. The topological polar surface area (TPSA) is 58.2 Å². The van der Waals surface area contributed by atoms with Crippen molar-refractivity contribution in [2.75, 3.05) is 19.3 Å². The molecule has 0 radical (unpaired) electrons. The fourth-order valence-electron chi connectivity index (χ4n) is 2.81. The molecule has 0 aromatic heterocycles. The Balaban J connectivity index is 0.00000208. The van der Waals surface area contributed by atoms with Gasteiger partial charge in [0, 0.05) is 17.5 Å². The maximum absolute atomic E-state index is 12.4. The van der Waals surface area contributed by atoms with Gasteiger partial charge >= 0.3 is 0 Å². The van der Waals surface area contributed by atoms with E-state index in [2.05, 4.69) is 22.2 Å². The van der Waals surface area contributed by atoms with Crippen LogP contribution in [0.5, 0.6) is 0 Å². The SMILES string of the molecule is CSc1ccc(S(=O)(=O)NCC2NCCc3ccccc32)cc1.Cl. The van der Waals surface area contributed by atoms with Gasteiger partial charge in [0.05, 0.1) is 4.90 Å². The summed E-state index contributed by atoms with van der Waals surface area (Å²) in [6.45, 7) is 1.22. The van der Waals surface area contributed by atoms with Crippen LogP contribution in [0.3, 0.4) is 0 Å². The maximum atomic E-state index is 12.4. The summed E-state index contributed by atoms with van der Waals surface area (Å²) >= 11 is 1.59. The second kappa shape index (κ2) is 8.36. The summed E-state index contributed by atoms with van der Waals surface area (Å²) in [7, 11) is -3.49. The molecule has 3 rings (SSSR count). The van der Waals surface area contributed by atoms with Crippen molar-refractivity contribution in [1.29, 1.82) is 0 Å². The number of hydrogen-bond donors (Lipinski definition) is 2. The van der Waals surface area contributed by atoms with Crippen molar-refractivity contribution < 1.29 is 8.42 Å². The van der Waals surface area contributed by atoms with Gasteiger partial charge in [-0.1, -0.05) is 24.3 Å². The first-order chi connectivity index (χ1) is 11.1. The van der Waals surface area contributed by atoms with E-state index in [1.165, 1.54) is 11.1 Å². The summed E-state index contributed by atoms with van der Waals surface area (Å²) in [5, 5.41) is 3.39. The molecule has 1 aliphatic rings. The molecule has 7 heteroatoms. The Bertz CT molecular complexity index is 779. The number of nitrogens with one attached hydrogen (secondary N) is 2. The molecule has 0 saturated carbocycles. The summed E-state index contributed by atoms with van der Waals surface area (Å²) in [4.78, 5) is 1.35. The highest BCUT2D eigenvalue weighted by molar-refractivity contribution is 7.98. The van der Waals surface area contributed by atoms with Crippen LogP contribution in [0.1, 0.15) is 17.2 Å². The Morgan fingerprint density at radius 1 is 1.17 bits per heavy atom. The monoisotopic (exact) mass is 384 g/mol. The predicted molar refractivity (Wildman–Crippen MR) is 102 cm³/mol. The molecule has 1 unspecified atom stereocenters. The summed E-state index contributed by atoms with van der Waals surface area (Å²) in [6, 6.07) is 15.2. The molecule has 2 N–H and O–H groups in total. The van der Waals surface area contributed by atoms with Crippen LogP contribution in [0.2, 0.25) is 0 Å². The minimum atomic E-state index is -3.49. The molecule has 130 valence electrons. The van der Waals surface area contributed by atoms with Gasteiger partial charge in [-0.2, -0.15) is 0 Å². The van der Waals surface area contributed by atoms with Gasteiger partial charge in [-0.25, -0.2) is 13.1 Å². The van der Waals surface area contributed by atoms with Crippen molar-refractivity contribution in [3.8, 4) is 0 Å². The minimum Gasteiger partial charge on any atom is -0.308 e. The highest BCUT2D eigenvalue weighted by atomic mass is 35.5. The molecule has 1 aliphatic heterocycles. The van der Waals surface area contributed by atoms with Crippen molar-refractivity contribution in [3.63, 3.8) is 0 Å². The van der Waals surface area contributed by atoms with Gasteiger partial charge in [0.2, 0.25) is 10.0 Å². The number of rotatable bonds is 5. The number of hydrogen-bond acceptors (Lipinski definition) is 4. The standard InChI is InChI=1S/C17H20N2O2S2.ClH/c1-22-14-6-8-15(9-7-14)23(20,21)19-12-17-16-5-3-2-4-13(16)10-11-18-17;/h2-9,17-19H,10-12H2,1H3;1H. The molecule has 0 aliphatic carbocycles. The normalized spacial score (nSPS) is 17.0. The van der Waals surface area contributed by atoms with Gasteiger partial charge < -0.3 is 5.32 Å². The first-order valence-electron chi connectivity index (χ1n) is 7.55. The smallest absolute Gasteiger partial charge is 0.240 e. The quantitative estimate of drug-likeness (QED) is 0.778. The fraction of sp³-hybridized carbons (Fsp3) is 0.294. The van der Waals surface area contributed by atoms with Crippen LogP contribution in [0.4, 0.5) is 0 Å². The highest BCUT2D eigenvalue weighted by Gasteiger charge is 2.22. The van der Waals surface area contributed by atoms with Crippen molar-refractivity contribution in [3.05, 3.63) is 59.7 Å². The lowest BCUT2D eigenvalue weighted by Gasteiger charge is -2.27. The van der Waals surface area contributed by atoms with E-state index in [0.717, 1.165) is 17.9 Å². The third-order valence-corrected chi connectivity index (χ3v) is 6.25. The molecular formula is C17H21ClN2O2S2. The molecule has 0 amide bonds. The Morgan fingerprint density at radius 3 is 2.58 bits per heavy atom. The lowest BCUT2D eigenvalue weighted by molar-refractivity contribution is 0.491. The van der Waals surface area contributed by atoms with Gasteiger partial charge in [-0.15, -0.1) is 24.2 Å². The first kappa shape index (κ1) is 19.3. The zero-order valence-electron chi connectivity index (χ0n) is 13.4. The van der Waals surface area contributed by atoms with Crippen LogP contribution in [0.15, 0.2) is 58.3 Å². The van der Waals surface area contributed by atoms with Crippen molar-refractivity contribution in [2.45, 2.75) is 22.3 Å². The van der Waals surface area contributed by atoms with Crippen LogP contribution < -0.4 is 10.0 Å². The Kier molecular flexibility index (Phi) is 6.71. The number of thioether (sulfide) groups is 1. The second-order valence-electron chi connectivity index (χ2n) is 5.48. The van der Waals surface area contributed by atoms with E-state index in [4.69, 9.17) is 0 Å². The molecule has 1 atom stereocenters. The molecule has 0 saturated heterocycles. The third kappa shape index (κ3) is 4.32. The van der Waals surface area contributed by atoms with E-state index in [9.17, 15) is 8.42 Å². The van der Waals surface area contributed by atoms with Crippen LogP contribution in [-0.2, 0) is 16.4 Å². The van der Waals surface area contributed by atoms with E-state index in [1.807, 2.05) is 30.5 Å². The van der Waals surface area contributed by atoms with E-state index in [-0.39, 0.29) is 18.4 Å². The maximum Gasteiger partial charge on any atom is 0.240 e. The average molecular weight is 385 g/mol. The molecule has 24 heavy (non-hydrogen) atoms. The summed E-state index contributed by atoms with van der Waals surface area (Å²) in [6.07, 6.45) is 2.95. The van der Waals surface area contributed by atoms with Gasteiger partial charge in [0.1, 0.15) is 0 Å². The number of sulfonamides is 1.